The molecule has 0 aliphatic heterocycles. The van der Waals surface area contributed by atoms with Gasteiger partial charge in [-0.15, -0.1) is 0 Å². The van der Waals surface area contributed by atoms with E-state index in [1.165, 1.54) is 5.71 Å². The summed E-state index contributed by atoms with van der Waals surface area (Å²) in [6.45, 7) is 2.14. The fraction of sp³-hybridized carbons (Fsp3) is 0.800. The average molecular weight is 99.1 g/mol. The van der Waals surface area contributed by atoms with E-state index in [1.807, 2.05) is 0 Å². The molecule has 0 saturated heterocycles. The summed E-state index contributed by atoms with van der Waals surface area (Å²) in [5, 5.41) is 3.73. The molecule has 0 N–H and O–H groups in total. The van der Waals surface area contributed by atoms with Crippen molar-refractivity contribution in [2.24, 2.45) is 11.1 Å². The summed E-state index contributed by atoms with van der Waals surface area (Å²) in [7, 11) is 1.58. The molecule has 1 unspecified atom stereocenters. The molecule has 0 heterocycles. The summed E-state index contributed by atoms with van der Waals surface area (Å²) >= 11 is 0. The second-order valence-corrected chi connectivity index (χ2v) is 1.87. The zero-order valence-corrected chi connectivity index (χ0v) is 4.64. The standard InChI is InChI=1S/C5H9NO/c1-4-3-5(4)6-7-2/h4H,3H2,1-2H3. The first-order valence-electron chi connectivity index (χ1n) is 2.44. The maximum atomic E-state index is 4.52. The molecule has 0 bridgehead atoms. The van der Waals surface area contributed by atoms with Crippen LogP contribution in [0.3, 0.4) is 0 Å². The topological polar surface area (TPSA) is 21.6 Å². The highest BCUT2D eigenvalue weighted by Gasteiger charge is 2.26. The Kier molecular flexibility index (Phi) is 1.01. The van der Waals surface area contributed by atoms with E-state index in [0.29, 0.717) is 5.92 Å². The average Bonchev–Trinajstić information content (AvgIpc) is 2.22. The van der Waals surface area contributed by atoms with Crippen molar-refractivity contribution in [3.63, 3.8) is 0 Å². The van der Waals surface area contributed by atoms with Crippen LogP contribution in [0.25, 0.3) is 0 Å². The van der Waals surface area contributed by atoms with Crippen LogP contribution in [0, 0.1) is 5.92 Å². The first-order chi connectivity index (χ1) is 3.34. The SMILES string of the molecule is CON=C1CC1C. The van der Waals surface area contributed by atoms with Crippen molar-refractivity contribution in [2.75, 3.05) is 7.11 Å². The Hall–Kier alpha value is -0.530. The smallest absolute Gasteiger partial charge is 0.106 e. The Bertz CT molecular complexity index is 98.3. The Morgan fingerprint density at radius 3 is 2.57 bits per heavy atom. The minimum atomic E-state index is 0.694. The van der Waals surface area contributed by atoms with Gasteiger partial charge in [0.25, 0.3) is 0 Å². The van der Waals surface area contributed by atoms with E-state index >= 15 is 0 Å². The van der Waals surface area contributed by atoms with Gasteiger partial charge in [0.2, 0.25) is 0 Å². The zero-order chi connectivity index (χ0) is 5.28. The summed E-state index contributed by atoms with van der Waals surface area (Å²) < 4.78 is 0. The van der Waals surface area contributed by atoms with Gasteiger partial charge >= 0.3 is 0 Å². The third kappa shape index (κ3) is 0.918. The van der Waals surface area contributed by atoms with E-state index in [1.54, 1.807) is 7.11 Å². The lowest BCUT2D eigenvalue weighted by molar-refractivity contribution is 0.214. The largest absolute Gasteiger partial charge is 0.399 e. The summed E-state index contributed by atoms with van der Waals surface area (Å²) in [6.07, 6.45) is 1.13. The highest BCUT2D eigenvalue weighted by Crippen LogP contribution is 2.24. The highest BCUT2D eigenvalue weighted by molar-refractivity contribution is 6.00. The molecule has 1 fully saturated rings. The van der Waals surface area contributed by atoms with Crippen molar-refractivity contribution in [3.8, 4) is 0 Å². The molecular weight excluding hydrogens is 90.1 g/mol. The van der Waals surface area contributed by atoms with Crippen LogP contribution in [0.15, 0.2) is 5.16 Å². The monoisotopic (exact) mass is 99.1 g/mol. The first kappa shape index (κ1) is 4.62. The van der Waals surface area contributed by atoms with Gasteiger partial charge in [-0.3, -0.25) is 0 Å². The molecule has 0 aromatic rings. The van der Waals surface area contributed by atoms with Gasteiger partial charge < -0.3 is 4.84 Å². The Balaban J connectivity index is 2.30. The van der Waals surface area contributed by atoms with E-state index in [0.717, 1.165) is 6.42 Å². The summed E-state index contributed by atoms with van der Waals surface area (Å²) in [4.78, 5) is 4.52. The van der Waals surface area contributed by atoms with E-state index in [9.17, 15) is 0 Å². The third-order valence-corrected chi connectivity index (χ3v) is 1.13. The maximum absolute atomic E-state index is 4.52. The van der Waals surface area contributed by atoms with E-state index < -0.39 is 0 Å². The lowest BCUT2D eigenvalue weighted by Gasteiger charge is -1.78. The molecule has 40 valence electrons. The molecular formula is C5H9NO. The van der Waals surface area contributed by atoms with Crippen LogP contribution in [0.1, 0.15) is 13.3 Å². The maximum Gasteiger partial charge on any atom is 0.106 e. The molecule has 2 nitrogen and oxygen atoms in total. The Morgan fingerprint density at radius 2 is 2.43 bits per heavy atom. The molecule has 1 rings (SSSR count). The van der Waals surface area contributed by atoms with Crippen molar-refractivity contribution >= 4 is 5.71 Å². The third-order valence-electron chi connectivity index (χ3n) is 1.13. The van der Waals surface area contributed by atoms with Crippen molar-refractivity contribution in [1.29, 1.82) is 0 Å². The number of rotatable bonds is 1. The summed E-state index contributed by atoms with van der Waals surface area (Å²) in [5.74, 6) is 0.694. The van der Waals surface area contributed by atoms with Crippen molar-refractivity contribution in [1.82, 2.24) is 0 Å². The van der Waals surface area contributed by atoms with Crippen molar-refractivity contribution in [2.45, 2.75) is 13.3 Å². The van der Waals surface area contributed by atoms with Gasteiger partial charge in [-0.25, -0.2) is 0 Å². The normalized spacial score (nSPS) is 33.4. The lowest BCUT2D eigenvalue weighted by Crippen LogP contribution is -1.71. The van der Waals surface area contributed by atoms with E-state index in [4.69, 9.17) is 0 Å². The number of oxime groups is 1. The fourth-order valence-electron chi connectivity index (χ4n) is 0.499. The summed E-state index contributed by atoms with van der Waals surface area (Å²) in [5.41, 5.74) is 1.20. The molecule has 1 aliphatic rings. The molecule has 0 spiro atoms. The fourth-order valence-corrected chi connectivity index (χ4v) is 0.499. The van der Waals surface area contributed by atoms with E-state index in [2.05, 4.69) is 16.9 Å². The van der Waals surface area contributed by atoms with Gasteiger partial charge in [-0.05, 0) is 6.42 Å². The van der Waals surface area contributed by atoms with Crippen LogP contribution >= 0.6 is 0 Å². The second kappa shape index (κ2) is 1.52. The Labute approximate surface area is 43.2 Å². The zero-order valence-electron chi connectivity index (χ0n) is 4.64. The second-order valence-electron chi connectivity index (χ2n) is 1.87. The molecule has 2 heteroatoms. The molecule has 0 aromatic heterocycles. The van der Waals surface area contributed by atoms with Gasteiger partial charge in [-0.1, -0.05) is 12.1 Å². The highest BCUT2D eigenvalue weighted by atomic mass is 16.6. The molecule has 1 aliphatic carbocycles. The molecule has 0 amide bonds. The van der Waals surface area contributed by atoms with E-state index in [-0.39, 0.29) is 0 Å². The summed E-state index contributed by atoms with van der Waals surface area (Å²) in [6, 6.07) is 0. The van der Waals surface area contributed by atoms with Crippen LogP contribution in [0.2, 0.25) is 0 Å². The van der Waals surface area contributed by atoms with Crippen molar-refractivity contribution in [3.05, 3.63) is 0 Å². The molecule has 1 atom stereocenters. The van der Waals surface area contributed by atoms with Gasteiger partial charge in [0.1, 0.15) is 7.11 Å². The van der Waals surface area contributed by atoms with Gasteiger partial charge in [0.05, 0.1) is 5.71 Å². The lowest BCUT2D eigenvalue weighted by atomic mass is 10.5. The van der Waals surface area contributed by atoms with Gasteiger partial charge in [0.15, 0.2) is 0 Å². The quantitative estimate of drug-likeness (QED) is 0.450. The van der Waals surface area contributed by atoms with Crippen LogP contribution < -0.4 is 0 Å². The van der Waals surface area contributed by atoms with Crippen LogP contribution in [0.4, 0.5) is 0 Å². The van der Waals surface area contributed by atoms with Gasteiger partial charge in [-0.2, -0.15) is 0 Å². The van der Waals surface area contributed by atoms with Crippen molar-refractivity contribution < 1.29 is 4.84 Å². The number of nitrogens with zero attached hydrogens (tertiary/aromatic N) is 1. The number of hydrogen-bond acceptors (Lipinski definition) is 2. The van der Waals surface area contributed by atoms with Crippen LogP contribution in [0.5, 0.6) is 0 Å². The van der Waals surface area contributed by atoms with Crippen LogP contribution in [-0.4, -0.2) is 12.8 Å². The minimum absolute atomic E-state index is 0.694. The predicted octanol–water partition coefficient (Wildman–Crippen LogP) is 1.03. The predicted molar refractivity (Wildman–Crippen MR) is 28.2 cm³/mol. The molecule has 0 radical (unpaired) electrons. The molecule has 0 aromatic carbocycles. The molecule has 1 saturated carbocycles. The minimum Gasteiger partial charge on any atom is -0.399 e. The molecule has 7 heavy (non-hydrogen) atoms. The van der Waals surface area contributed by atoms with Gasteiger partial charge in [0, 0.05) is 5.92 Å². The first-order valence-corrected chi connectivity index (χ1v) is 2.44. The Morgan fingerprint density at radius 1 is 1.86 bits per heavy atom. The number of hydrogen-bond donors (Lipinski definition) is 0. The van der Waals surface area contributed by atoms with Crippen LogP contribution in [-0.2, 0) is 4.84 Å².